The Hall–Kier alpha value is -4.68. The number of hydrogen-bond acceptors (Lipinski definition) is 11. The number of rotatable bonds is 7. The molecule has 316 valence electrons. The SMILES string of the molecule is COc1ccc2nc(C(F)(F)F)c3c(c2n1)CC[C@]1(C[C@H]2C(=O)N[C@]4(C(=O)NS(=O)(=O)C5(C)CC5)C[C@H]4/C=C\CCCCC[C@H](NC(=O)OCC(C)C)C(=O)N2C1)O3. The van der Waals surface area contributed by atoms with E-state index in [0.29, 0.717) is 38.5 Å². The summed E-state index contributed by atoms with van der Waals surface area (Å²) in [6.07, 6.45) is 1.11. The highest BCUT2D eigenvalue weighted by molar-refractivity contribution is 7.91. The maximum atomic E-state index is 14.7. The highest BCUT2D eigenvalue weighted by Gasteiger charge is 2.64. The number of hydrogen-bond donors (Lipinski definition) is 3. The zero-order chi connectivity index (χ0) is 41.8. The van der Waals surface area contributed by atoms with E-state index in [4.69, 9.17) is 14.2 Å². The maximum Gasteiger partial charge on any atom is 0.437 e. The van der Waals surface area contributed by atoms with E-state index in [-0.39, 0.29) is 73.7 Å². The van der Waals surface area contributed by atoms with Crippen LogP contribution in [-0.4, -0.2) is 95.3 Å². The van der Waals surface area contributed by atoms with Gasteiger partial charge < -0.3 is 29.7 Å². The van der Waals surface area contributed by atoms with Gasteiger partial charge in [0.2, 0.25) is 27.7 Å². The van der Waals surface area contributed by atoms with Crippen LogP contribution in [0, 0.1) is 11.8 Å². The largest absolute Gasteiger partial charge is 0.483 e. The second-order valence-corrected chi connectivity index (χ2v) is 19.1. The first-order chi connectivity index (χ1) is 27.3. The number of carbonyl (C=O) groups excluding carboxylic acids is 4. The van der Waals surface area contributed by atoms with Crippen LogP contribution in [-0.2, 0) is 41.7 Å². The highest BCUT2D eigenvalue weighted by atomic mass is 32.2. The summed E-state index contributed by atoms with van der Waals surface area (Å²) >= 11 is 0. The molecule has 58 heavy (non-hydrogen) atoms. The standard InChI is InChI=1S/C39H49F3N6O9S/c1-22(2)20-56-35(52)44-26-11-9-7-5-6-8-10-23-18-38(23,34(51)47-58(53,54)36(3)16-17-36)46-32(49)27-19-37(21-48(27)33(26)50)15-14-24-29-25(12-13-28(45-29)55-4)43-31(30(24)57-37)39(40,41)42/h8,10,12-13,22-23,26-27H,5-7,9,11,14-21H2,1-4H3,(H,44,52)(H,46,49)(H,47,51)/b10-8-/t23-,26+,27+,37-,38-/m1/s1. The van der Waals surface area contributed by atoms with E-state index in [1.165, 1.54) is 31.1 Å². The number of halogens is 3. The molecule has 2 saturated carbocycles. The summed E-state index contributed by atoms with van der Waals surface area (Å²) in [5.74, 6) is -3.40. The summed E-state index contributed by atoms with van der Waals surface area (Å²) in [5, 5.41) is 5.43. The van der Waals surface area contributed by atoms with Crippen molar-refractivity contribution in [2.45, 2.75) is 126 Å². The van der Waals surface area contributed by atoms with Crippen LogP contribution in [0.1, 0.15) is 96.2 Å². The molecule has 7 rings (SSSR count). The van der Waals surface area contributed by atoms with Gasteiger partial charge in [0, 0.05) is 24.0 Å². The summed E-state index contributed by atoms with van der Waals surface area (Å²) in [6.45, 7) is 4.95. The molecule has 15 nitrogen and oxygen atoms in total. The third-order valence-corrected chi connectivity index (χ3v) is 14.1. The molecule has 5 atom stereocenters. The number of allylic oxidation sites excluding steroid dienone is 1. The first-order valence-corrected chi connectivity index (χ1v) is 21.2. The molecule has 4 amide bonds. The molecule has 5 heterocycles. The van der Waals surface area contributed by atoms with E-state index in [2.05, 4.69) is 25.3 Å². The number of alkyl halides is 3. The number of fused-ring (bicyclic) bond motifs is 5. The number of aryl methyl sites for hydroxylation is 1. The Kier molecular flexibility index (Phi) is 10.8. The van der Waals surface area contributed by atoms with E-state index in [1.54, 1.807) is 6.08 Å². The van der Waals surface area contributed by atoms with Gasteiger partial charge in [-0.25, -0.2) is 23.2 Å². The molecular weight excluding hydrogens is 786 g/mol. The minimum absolute atomic E-state index is 0.00246. The van der Waals surface area contributed by atoms with E-state index >= 15 is 0 Å². The van der Waals surface area contributed by atoms with Gasteiger partial charge in [-0.1, -0.05) is 38.8 Å². The number of nitrogens with one attached hydrogen (secondary N) is 3. The number of amides is 4. The third kappa shape index (κ3) is 8.02. The lowest BCUT2D eigenvalue weighted by Crippen LogP contribution is -2.58. The van der Waals surface area contributed by atoms with Crippen molar-refractivity contribution >= 4 is 44.9 Å². The molecule has 1 saturated heterocycles. The van der Waals surface area contributed by atoms with Crippen LogP contribution in [0.25, 0.3) is 11.0 Å². The average Bonchev–Trinajstić information content (AvgIpc) is 4.06. The summed E-state index contributed by atoms with van der Waals surface area (Å²) in [7, 11) is -2.72. The van der Waals surface area contributed by atoms with Crippen molar-refractivity contribution in [2.24, 2.45) is 11.8 Å². The Morgan fingerprint density at radius 3 is 2.55 bits per heavy atom. The van der Waals surface area contributed by atoms with Crippen molar-refractivity contribution in [3.8, 4) is 11.6 Å². The van der Waals surface area contributed by atoms with Crippen molar-refractivity contribution in [3.05, 3.63) is 35.5 Å². The quantitative estimate of drug-likeness (QED) is 0.333. The number of ether oxygens (including phenoxy) is 3. The van der Waals surface area contributed by atoms with E-state index < -0.39 is 85.3 Å². The van der Waals surface area contributed by atoms with Gasteiger partial charge in [0.1, 0.15) is 23.2 Å². The second-order valence-electron chi connectivity index (χ2n) is 16.9. The fourth-order valence-electron chi connectivity index (χ4n) is 8.10. The molecule has 0 unspecified atom stereocenters. The topological polar surface area (TPSA) is 195 Å². The smallest absolute Gasteiger partial charge is 0.437 e. The van der Waals surface area contributed by atoms with Gasteiger partial charge in [-0.15, -0.1) is 0 Å². The Bertz CT molecular complexity index is 2150. The second kappa shape index (κ2) is 15.2. The molecular formula is C39H49F3N6O9S. The van der Waals surface area contributed by atoms with Crippen LogP contribution in [0.15, 0.2) is 24.3 Å². The number of methoxy groups -OCH3 is 1. The molecule has 19 heteroatoms. The van der Waals surface area contributed by atoms with Crippen molar-refractivity contribution < 1.29 is 55.0 Å². The maximum absolute atomic E-state index is 14.7. The van der Waals surface area contributed by atoms with Crippen molar-refractivity contribution in [1.29, 1.82) is 0 Å². The summed E-state index contributed by atoms with van der Waals surface area (Å²) in [6, 6.07) is 0.198. The normalized spacial score (nSPS) is 28.8. The Morgan fingerprint density at radius 1 is 1.10 bits per heavy atom. The van der Waals surface area contributed by atoms with Crippen LogP contribution in [0.4, 0.5) is 18.0 Å². The summed E-state index contributed by atoms with van der Waals surface area (Å²) in [5.41, 5.74) is -4.24. The molecule has 3 fully saturated rings. The first kappa shape index (κ1) is 41.5. The molecule has 3 N–H and O–H groups in total. The minimum atomic E-state index is -4.95. The molecule has 0 radical (unpaired) electrons. The molecule has 2 aromatic heterocycles. The molecule has 2 aliphatic carbocycles. The van der Waals surface area contributed by atoms with Gasteiger partial charge in [0.15, 0.2) is 11.4 Å². The number of aromatic nitrogens is 2. The number of pyridine rings is 2. The van der Waals surface area contributed by atoms with Crippen molar-refractivity contribution in [1.82, 2.24) is 30.2 Å². The number of nitrogens with zero attached hydrogens (tertiary/aromatic N) is 3. The predicted octanol–water partition coefficient (Wildman–Crippen LogP) is 4.47. The van der Waals surface area contributed by atoms with Crippen molar-refractivity contribution in [2.75, 3.05) is 20.3 Å². The van der Waals surface area contributed by atoms with Gasteiger partial charge in [-0.2, -0.15) is 13.2 Å². The fourth-order valence-corrected chi connectivity index (χ4v) is 9.41. The molecule has 1 spiro atoms. The lowest BCUT2D eigenvalue weighted by molar-refractivity contribution is -0.144. The zero-order valence-corrected chi connectivity index (χ0v) is 33.7. The molecule has 0 aromatic carbocycles. The van der Waals surface area contributed by atoms with E-state index in [1.807, 2.05) is 19.9 Å². The Labute approximate surface area is 334 Å². The summed E-state index contributed by atoms with van der Waals surface area (Å²) < 4.78 is 88.5. The zero-order valence-electron chi connectivity index (χ0n) is 32.9. The number of carbonyl (C=O) groups is 4. The van der Waals surface area contributed by atoms with Crippen LogP contribution in [0.5, 0.6) is 11.6 Å². The molecule has 3 aliphatic heterocycles. The Balaban J connectivity index is 1.26. The first-order valence-electron chi connectivity index (χ1n) is 19.7. The number of sulfonamides is 1. The lowest BCUT2D eigenvalue weighted by atomic mass is 9.87. The minimum Gasteiger partial charge on any atom is -0.483 e. The molecule has 2 aromatic rings. The predicted molar refractivity (Wildman–Crippen MR) is 202 cm³/mol. The summed E-state index contributed by atoms with van der Waals surface area (Å²) in [4.78, 5) is 65.6. The fraction of sp³-hybridized carbons (Fsp3) is 0.641. The third-order valence-electron chi connectivity index (χ3n) is 11.9. The Morgan fingerprint density at radius 2 is 1.86 bits per heavy atom. The van der Waals surface area contributed by atoms with E-state index in [0.717, 1.165) is 0 Å². The van der Waals surface area contributed by atoms with Crippen LogP contribution < -0.4 is 24.8 Å². The van der Waals surface area contributed by atoms with Crippen LogP contribution in [0.3, 0.4) is 0 Å². The van der Waals surface area contributed by atoms with Gasteiger partial charge in [-0.3, -0.25) is 19.1 Å². The van der Waals surface area contributed by atoms with Crippen LogP contribution in [0.2, 0.25) is 0 Å². The van der Waals surface area contributed by atoms with Crippen molar-refractivity contribution in [3.63, 3.8) is 0 Å². The highest BCUT2D eigenvalue weighted by Crippen LogP contribution is 2.50. The van der Waals surface area contributed by atoms with E-state index in [9.17, 15) is 40.8 Å². The molecule has 0 bridgehead atoms. The molecule has 5 aliphatic rings. The van der Waals surface area contributed by atoms with Gasteiger partial charge in [-0.05, 0) is 70.3 Å². The lowest BCUT2D eigenvalue weighted by Gasteiger charge is -2.37. The van der Waals surface area contributed by atoms with Gasteiger partial charge in [0.05, 0.1) is 36.0 Å². The van der Waals surface area contributed by atoms with Crippen LogP contribution >= 0.6 is 0 Å². The van der Waals surface area contributed by atoms with Gasteiger partial charge >= 0.3 is 12.3 Å². The number of alkyl carbamates (subject to hydrolysis) is 1. The monoisotopic (exact) mass is 834 g/mol. The van der Waals surface area contributed by atoms with Gasteiger partial charge in [0.25, 0.3) is 5.91 Å². The average molecular weight is 835 g/mol.